The van der Waals surface area contributed by atoms with Crippen molar-refractivity contribution in [2.45, 2.75) is 36.5 Å². The average Bonchev–Trinajstić information content (AvgIpc) is 2.20. The predicted molar refractivity (Wildman–Crippen MR) is 67.8 cm³/mol. The summed E-state index contributed by atoms with van der Waals surface area (Å²) < 4.78 is 0. The number of aryl methyl sites for hydroxylation is 1. The number of carboxylic acid groups (broad SMARTS) is 1. The summed E-state index contributed by atoms with van der Waals surface area (Å²) in [5.41, 5.74) is 0.786. The molecule has 3 nitrogen and oxygen atoms in total. The Morgan fingerprint density at radius 2 is 2.06 bits per heavy atom. The molecule has 92 valence electrons. The molecule has 1 fully saturated rings. The maximum absolute atomic E-state index is 11.5. The summed E-state index contributed by atoms with van der Waals surface area (Å²) in [4.78, 5) is 12.4. The van der Waals surface area contributed by atoms with Crippen molar-refractivity contribution in [1.82, 2.24) is 0 Å². The second-order valence-electron chi connectivity index (χ2n) is 4.58. The van der Waals surface area contributed by atoms with Crippen LogP contribution in [0.2, 0.25) is 0 Å². The van der Waals surface area contributed by atoms with Gasteiger partial charge in [0.15, 0.2) is 0 Å². The summed E-state index contributed by atoms with van der Waals surface area (Å²) in [6, 6.07) is 3.51. The van der Waals surface area contributed by atoms with Gasteiger partial charge in [0.25, 0.3) is 0 Å². The van der Waals surface area contributed by atoms with E-state index in [1.807, 2.05) is 19.2 Å². The summed E-state index contributed by atoms with van der Waals surface area (Å²) in [7, 11) is 0. The standard InChI is InChI=1S/C13H16O3S/c1-8-6-11(17-2)9(7-10(8)14)13(12(15)16)4-3-5-13/h6-7,14H,3-5H2,1-2H3,(H,15,16). The monoisotopic (exact) mass is 252 g/mol. The molecule has 1 aromatic carbocycles. The van der Waals surface area contributed by atoms with Crippen molar-refractivity contribution in [2.24, 2.45) is 0 Å². The zero-order valence-electron chi connectivity index (χ0n) is 9.99. The Labute approximate surface area is 105 Å². The van der Waals surface area contributed by atoms with Gasteiger partial charge in [0.05, 0.1) is 5.41 Å². The van der Waals surface area contributed by atoms with E-state index in [0.29, 0.717) is 12.8 Å². The maximum atomic E-state index is 11.5. The van der Waals surface area contributed by atoms with E-state index in [9.17, 15) is 15.0 Å². The molecule has 0 aromatic heterocycles. The van der Waals surface area contributed by atoms with Crippen molar-refractivity contribution >= 4 is 17.7 Å². The quantitative estimate of drug-likeness (QED) is 0.812. The molecular weight excluding hydrogens is 236 g/mol. The molecule has 2 rings (SSSR count). The average molecular weight is 252 g/mol. The zero-order chi connectivity index (χ0) is 12.6. The summed E-state index contributed by atoms with van der Waals surface area (Å²) in [6.07, 6.45) is 4.20. The Kier molecular flexibility index (Phi) is 3.08. The Bertz CT molecular complexity index is 464. The molecule has 1 saturated carbocycles. The normalized spacial score (nSPS) is 17.5. The third-order valence-corrected chi connectivity index (χ3v) is 4.43. The molecule has 0 bridgehead atoms. The van der Waals surface area contributed by atoms with Crippen LogP contribution >= 0.6 is 11.8 Å². The molecule has 0 spiro atoms. The first kappa shape index (κ1) is 12.3. The van der Waals surface area contributed by atoms with Crippen LogP contribution in [-0.2, 0) is 10.2 Å². The zero-order valence-corrected chi connectivity index (χ0v) is 10.8. The number of hydrogen-bond donors (Lipinski definition) is 2. The van der Waals surface area contributed by atoms with Gasteiger partial charge in [-0.05, 0) is 49.3 Å². The van der Waals surface area contributed by atoms with Gasteiger partial charge in [-0.25, -0.2) is 0 Å². The number of aliphatic carboxylic acids is 1. The van der Waals surface area contributed by atoms with E-state index < -0.39 is 11.4 Å². The summed E-state index contributed by atoms with van der Waals surface area (Å²) >= 11 is 1.54. The van der Waals surface area contributed by atoms with E-state index in [1.54, 1.807) is 6.07 Å². The molecule has 0 unspecified atom stereocenters. The van der Waals surface area contributed by atoms with Gasteiger partial charge in [-0.1, -0.05) is 6.42 Å². The van der Waals surface area contributed by atoms with Gasteiger partial charge < -0.3 is 10.2 Å². The van der Waals surface area contributed by atoms with E-state index in [-0.39, 0.29) is 5.75 Å². The largest absolute Gasteiger partial charge is 0.508 e. The first-order valence-corrected chi connectivity index (χ1v) is 6.85. The van der Waals surface area contributed by atoms with Crippen LogP contribution in [0.4, 0.5) is 0 Å². The Morgan fingerprint density at radius 1 is 1.41 bits per heavy atom. The van der Waals surface area contributed by atoms with Crippen LogP contribution in [0.15, 0.2) is 17.0 Å². The van der Waals surface area contributed by atoms with Gasteiger partial charge in [-0.2, -0.15) is 0 Å². The van der Waals surface area contributed by atoms with Gasteiger partial charge in [-0.3, -0.25) is 4.79 Å². The number of hydrogen-bond acceptors (Lipinski definition) is 3. The number of aromatic hydroxyl groups is 1. The molecule has 0 amide bonds. The summed E-state index contributed by atoms with van der Waals surface area (Å²) in [5.74, 6) is -0.590. The van der Waals surface area contributed by atoms with Gasteiger partial charge in [0.2, 0.25) is 0 Å². The lowest BCUT2D eigenvalue weighted by Crippen LogP contribution is -2.42. The predicted octanol–water partition coefficient (Wildman–Crippen LogP) is 2.93. The van der Waals surface area contributed by atoms with Crippen LogP contribution in [0.1, 0.15) is 30.4 Å². The molecule has 0 aliphatic heterocycles. The van der Waals surface area contributed by atoms with Crippen LogP contribution in [0, 0.1) is 6.92 Å². The van der Waals surface area contributed by atoms with E-state index in [1.165, 1.54) is 11.8 Å². The summed E-state index contributed by atoms with van der Waals surface area (Å²) in [5, 5.41) is 19.2. The fraction of sp³-hybridized carbons (Fsp3) is 0.462. The molecule has 1 aliphatic carbocycles. The number of rotatable bonds is 3. The second kappa shape index (κ2) is 4.26. The number of carboxylic acids is 1. The van der Waals surface area contributed by atoms with Gasteiger partial charge in [0.1, 0.15) is 5.75 Å². The molecule has 1 aromatic rings. The highest BCUT2D eigenvalue weighted by Gasteiger charge is 2.47. The van der Waals surface area contributed by atoms with Crippen LogP contribution in [0.25, 0.3) is 0 Å². The van der Waals surface area contributed by atoms with E-state index in [0.717, 1.165) is 22.4 Å². The molecule has 0 heterocycles. The lowest BCUT2D eigenvalue weighted by Gasteiger charge is -2.39. The minimum atomic E-state index is -0.776. The third-order valence-electron chi connectivity index (χ3n) is 3.65. The van der Waals surface area contributed by atoms with Crippen molar-refractivity contribution < 1.29 is 15.0 Å². The molecule has 1 aliphatic rings. The highest BCUT2D eigenvalue weighted by Crippen LogP contribution is 2.48. The third kappa shape index (κ3) is 1.80. The number of phenolic OH excluding ortho intramolecular Hbond substituents is 1. The smallest absolute Gasteiger partial charge is 0.314 e. The van der Waals surface area contributed by atoms with Crippen molar-refractivity contribution in [3.05, 3.63) is 23.3 Å². The Balaban J connectivity index is 2.57. The maximum Gasteiger partial charge on any atom is 0.314 e. The molecule has 0 saturated heterocycles. The van der Waals surface area contributed by atoms with Crippen LogP contribution in [0.3, 0.4) is 0 Å². The van der Waals surface area contributed by atoms with Crippen molar-refractivity contribution in [1.29, 1.82) is 0 Å². The van der Waals surface area contributed by atoms with Crippen LogP contribution in [-0.4, -0.2) is 22.4 Å². The van der Waals surface area contributed by atoms with E-state index >= 15 is 0 Å². The minimum Gasteiger partial charge on any atom is -0.508 e. The van der Waals surface area contributed by atoms with Crippen molar-refractivity contribution in [3.8, 4) is 5.75 Å². The van der Waals surface area contributed by atoms with Crippen molar-refractivity contribution in [3.63, 3.8) is 0 Å². The molecule has 0 radical (unpaired) electrons. The number of carbonyl (C=O) groups is 1. The van der Waals surface area contributed by atoms with Gasteiger partial charge in [-0.15, -0.1) is 11.8 Å². The number of thioether (sulfide) groups is 1. The van der Waals surface area contributed by atoms with E-state index in [4.69, 9.17) is 0 Å². The Hall–Kier alpha value is -1.16. The van der Waals surface area contributed by atoms with Crippen LogP contribution < -0.4 is 0 Å². The lowest BCUT2D eigenvalue weighted by molar-refractivity contribution is -0.147. The molecule has 4 heteroatoms. The lowest BCUT2D eigenvalue weighted by atomic mass is 9.64. The fourth-order valence-corrected chi connectivity index (χ4v) is 3.11. The second-order valence-corrected chi connectivity index (χ2v) is 5.43. The number of phenols is 1. The molecule has 0 atom stereocenters. The number of benzene rings is 1. The summed E-state index contributed by atoms with van der Waals surface area (Å²) in [6.45, 7) is 1.83. The topological polar surface area (TPSA) is 57.5 Å². The molecule has 17 heavy (non-hydrogen) atoms. The molecule has 2 N–H and O–H groups in total. The fourth-order valence-electron chi connectivity index (χ4n) is 2.34. The van der Waals surface area contributed by atoms with Crippen molar-refractivity contribution in [2.75, 3.05) is 6.26 Å². The first-order chi connectivity index (χ1) is 8.01. The Morgan fingerprint density at radius 3 is 2.47 bits per heavy atom. The SMILES string of the molecule is CSc1cc(C)c(O)cc1C1(C(=O)O)CCC1. The minimum absolute atomic E-state index is 0.185. The van der Waals surface area contributed by atoms with Gasteiger partial charge >= 0.3 is 5.97 Å². The van der Waals surface area contributed by atoms with Gasteiger partial charge in [0, 0.05) is 4.90 Å². The highest BCUT2D eigenvalue weighted by atomic mass is 32.2. The van der Waals surface area contributed by atoms with E-state index in [2.05, 4.69) is 0 Å². The van der Waals surface area contributed by atoms with Crippen LogP contribution in [0.5, 0.6) is 5.75 Å². The highest BCUT2D eigenvalue weighted by molar-refractivity contribution is 7.98. The first-order valence-electron chi connectivity index (χ1n) is 5.63. The molecular formula is C13H16O3S.